The topological polar surface area (TPSA) is 67.5 Å². The number of amides is 1. The fourth-order valence-corrected chi connectivity index (χ4v) is 1.83. The molecule has 0 fully saturated rings. The number of halogens is 3. The van der Waals surface area contributed by atoms with Crippen molar-refractivity contribution in [2.24, 2.45) is 5.10 Å². The molecule has 0 unspecified atom stereocenters. The van der Waals surface area contributed by atoms with Crippen molar-refractivity contribution in [1.82, 2.24) is 5.43 Å². The van der Waals surface area contributed by atoms with Crippen molar-refractivity contribution in [2.75, 3.05) is 5.73 Å². The average Bonchev–Trinajstić information content (AvgIpc) is 2.49. The number of nitrogens with one attached hydrogen (secondary N) is 1. The Kier molecular flexibility index (Phi) is 5.00. The van der Waals surface area contributed by atoms with E-state index in [4.69, 9.17) is 5.73 Å². The molecular formula is C16H14F3N3O. The number of nitrogens with two attached hydrogens (primary N) is 1. The summed E-state index contributed by atoms with van der Waals surface area (Å²) in [7, 11) is 0. The largest absolute Gasteiger partial charge is 0.416 e. The van der Waals surface area contributed by atoms with E-state index in [0.29, 0.717) is 5.69 Å². The van der Waals surface area contributed by atoms with Gasteiger partial charge in [0.15, 0.2) is 0 Å². The van der Waals surface area contributed by atoms with Gasteiger partial charge in [-0.3, -0.25) is 4.79 Å². The molecular weight excluding hydrogens is 307 g/mol. The predicted molar refractivity (Wildman–Crippen MR) is 81.7 cm³/mol. The van der Waals surface area contributed by atoms with Crippen LogP contribution >= 0.6 is 0 Å². The number of alkyl halides is 3. The molecule has 2 rings (SSSR count). The van der Waals surface area contributed by atoms with E-state index >= 15 is 0 Å². The first-order valence-corrected chi connectivity index (χ1v) is 6.68. The molecule has 0 aliphatic carbocycles. The second kappa shape index (κ2) is 6.95. The molecule has 4 nitrogen and oxygen atoms in total. The minimum atomic E-state index is -4.41. The molecule has 0 heterocycles. The van der Waals surface area contributed by atoms with E-state index in [1.54, 1.807) is 24.3 Å². The average molecular weight is 321 g/mol. The Hall–Kier alpha value is -2.83. The molecule has 0 bridgehead atoms. The zero-order chi connectivity index (χ0) is 16.9. The highest BCUT2D eigenvalue weighted by Gasteiger charge is 2.30. The Morgan fingerprint density at radius 3 is 2.52 bits per heavy atom. The molecule has 120 valence electrons. The quantitative estimate of drug-likeness (QED) is 0.516. The number of nitrogen functional groups attached to an aromatic ring is 1. The summed E-state index contributed by atoms with van der Waals surface area (Å²) in [5.41, 5.74) is 8.64. The van der Waals surface area contributed by atoms with Gasteiger partial charge < -0.3 is 5.73 Å². The highest BCUT2D eigenvalue weighted by atomic mass is 19.4. The van der Waals surface area contributed by atoms with Gasteiger partial charge in [0, 0.05) is 5.69 Å². The van der Waals surface area contributed by atoms with Crippen LogP contribution in [0.1, 0.15) is 16.7 Å². The molecule has 7 heteroatoms. The Balaban J connectivity index is 1.93. The van der Waals surface area contributed by atoms with E-state index in [-0.39, 0.29) is 17.9 Å². The van der Waals surface area contributed by atoms with Crippen LogP contribution in [0.5, 0.6) is 0 Å². The Morgan fingerprint density at radius 2 is 1.87 bits per heavy atom. The fraction of sp³-hybridized carbons (Fsp3) is 0.125. The third-order valence-corrected chi connectivity index (χ3v) is 2.96. The number of anilines is 1. The lowest BCUT2D eigenvalue weighted by Crippen LogP contribution is -2.19. The number of hydrogen-bond donors (Lipinski definition) is 2. The van der Waals surface area contributed by atoms with Gasteiger partial charge in [0.25, 0.3) is 0 Å². The highest BCUT2D eigenvalue weighted by molar-refractivity contribution is 5.83. The molecule has 23 heavy (non-hydrogen) atoms. The second-order valence-electron chi connectivity index (χ2n) is 4.83. The van der Waals surface area contributed by atoms with Gasteiger partial charge in [0.05, 0.1) is 18.2 Å². The zero-order valence-corrected chi connectivity index (χ0v) is 12.0. The smallest absolute Gasteiger partial charge is 0.399 e. The van der Waals surface area contributed by atoms with Crippen molar-refractivity contribution in [3.05, 3.63) is 65.2 Å². The third kappa shape index (κ3) is 5.14. The SMILES string of the molecule is Nc1ccc(CC(=O)N/N=C\c2cccc(C(F)(F)F)c2)cc1. The number of hydrogen-bond acceptors (Lipinski definition) is 3. The van der Waals surface area contributed by atoms with Crippen molar-refractivity contribution in [2.45, 2.75) is 12.6 Å². The molecule has 0 aliphatic rings. The standard InChI is InChI=1S/C16H14F3N3O/c17-16(18,19)13-3-1-2-12(8-13)10-21-22-15(23)9-11-4-6-14(20)7-5-11/h1-8,10H,9,20H2,(H,22,23)/b21-10-. The third-order valence-electron chi connectivity index (χ3n) is 2.96. The highest BCUT2D eigenvalue weighted by Crippen LogP contribution is 2.29. The zero-order valence-electron chi connectivity index (χ0n) is 12.0. The van der Waals surface area contributed by atoms with E-state index in [0.717, 1.165) is 23.9 Å². The van der Waals surface area contributed by atoms with Crippen molar-refractivity contribution in [3.63, 3.8) is 0 Å². The van der Waals surface area contributed by atoms with E-state index in [2.05, 4.69) is 10.5 Å². The van der Waals surface area contributed by atoms with Crippen LogP contribution in [-0.4, -0.2) is 12.1 Å². The molecule has 3 N–H and O–H groups in total. The lowest BCUT2D eigenvalue weighted by molar-refractivity contribution is -0.137. The van der Waals surface area contributed by atoms with Gasteiger partial charge in [-0.25, -0.2) is 5.43 Å². The van der Waals surface area contributed by atoms with Crippen LogP contribution in [-0.2, 0) is 17.4 Å². The number of carbonyl (C=O) groups is 1. The number of hydrazone groups is 1. The summed E-state index contributed by atoms with van der Waals surface area (Å²) >= 11 is 0. The Morgan fingerprint density at radius 1 is 1.17 bits per heavy atom. The Labute approximate surface area is 130 Å². The maximum absolute atomic E-state index is 12.6. The molecule has 0 aromatic heterocycles. The van der Waals surface area contributed by atoms with Gasteiger partial charge in [-0.1, -0.05) is 24.3 Å². The summed E-state index contributed by atoms with van der Waals surface area (Å²) in [5, 5.41) is 3.66. The number of nitrogens with zero attached hydrogens (tertiary/aromatic N) is 1. The lowest BCUT2D eigenvalue weighted by Gasteiger charge is -2.06. The van der Waals surface area contributed by atoms with Gasteiger partial charge in [-0.2, -0.15) is 18.3 Å². The lowest BCUT2D eigenvalue weighted by atomic mass is 10.1. The van der Waals surface area contributed by atoms with Crippen LogP contribution in [0.25, 0.3) is 0 Å². The first kappa shape index (κ1) is 16.5. The predicted octanol–water partition coefficient (Wildman–Crippen LogP) is 2.98. The second-order valence-corrected chi connectivity index (χ2v) is 4.83. The maximum Gasteiger partial charge on any atom is 0.416 e. The molecule has 0 saturated carbocycles. The summed E-state index contributed by atoms with van der Waals surface area (Å²) in [5.74, 6) is -0.377. The van der Waals surface area contributed by atoms with Gasteiger partial charge in [0.2, 0.25) is 5.91 Å². The van der Waals surface area contributed by atoms with Crippen LogP contribution in [0.15, 0.2) is 53.6 Å². The summed E-state index contributed by atoms with van der Waals surface area (Å²) in [6.45, 7) is 0. The van der Waals surface area contributed by atoms with Crippen molar-refractivity contribution in [1.29, 1.82) is 0 Å². The van der Waals surface area contributed by atoms with Crippen LogP contribution in [0.3, 0.4) is 0 Å². The number of rotatable bonds is 4. The minimum Gasteiger partial charge on any atom is -0.399 e. The number of carbonyl (C=O) groups excluding carboxylic acids is 1. The fourth-order valence-electron chi connectivity index (χ4n) is 1.83. The van der Waals surface area contributed by atoms with Gasteiger partial charge >= 0.3 is 6.18 Å². The summed E-state index contributed by atoms with van der Waals surface area (Å²) < 4.78 is 37.7. The molecule has 0 radical (unpaired) electrons. The van der Waals surface area contributed by atoms with Crippen molar-refractivity contribution in [3.8, 4) is 0 Å². The van der Waals surface area contributed by atoms with Crippen LogP contribution in [0.2, 0.25) is 0 Å². The van der Waals surface area contributed by atoms with Crippen LogP contribution in [0.4, 0.5) is 18.9 Å². The van der Waals surface area contributed by atoms with Gasteiger partial charge in [-0.05, 0) is 35.4 Å². The molecule has 0 aliphatic heterocycles. The molecule has 2 aromatic carbocycles. The Bertz CT molecular complexity index is 709. The number of benzene rings is 2. The first-order chi connectivity index (χ1) is 10.8. The summed E-state index contributed by atoms with van der Waals surface area (Å²) in [6, 6.07) is 11.4. The van der Waals surface area contributed by atoms with E-state index < -0.39 is 11.7 Å². The molecule has 2 aromatic rings. The van der Waals surface area contributed by atoms with E-state index in [1.165, 1.54) is 12.1 Å². The van der Waals surface area contributed by atoms with E-state index in [1.807, 2.05) is 0 Å². The molecule has 1 amide bonds. The van der Waals surface area contributed by atoms with E-state index in [9.17, 15) is 18.0 Å². The first-order valence-electron chi connectivity index (χ1n) is 6.68. The van der Waals surface area contributed by atoms with Gasteiger partial charge in [-0.15, -0.1) is 0 Å². The van der Waals surface area contributed by atoms with Crippen LogP contribution in [0, 0.1) is 0 Å². The van der Waals surface area contributed by atoms with Crippen LogP contribution < -0.4 is 11.2 Å². The summed E-state index contributed by atoms with van der Waals surface area (Å²) in [4.78, 5) is 11.7. The van der Waals surface area contributed by atoms with Crippen molar-refractivity contribution < 1.29 is 18.0 Å². The summed E-state index contributed by atoms with van der Waals surface area (Å²) in [6.07, 6.45) is -3.15. The normalized spacial score (nSPS) is 11.6. The van der Waals surface area contributed by atoms with Gasteiger partial charge in [0.1, 0.15) is 0 Å². The maximum atomic E-state index is 12.6. The minimum absolute atomic E-state index is 0.0974. The monoisotopic (exact) mass is 321 g/mol. The molecule has 0 atom stereocenters. The molecule has 0 saturated heterocycles. The van der Waals surface area contributed by atoms with Crippen molar-refractivity contribution >= 4 is 17.8 Å². The molecule has 0 spiro atoms.